The molecule has 1 fully saturated rings. The minimum absolute atomic E-state index is 0.0385. The molecule has 6 heteroatoms. The molecule has 2 aliphatic rings. The molecule has 0 N–H and O–H groups in total. The Bertz CT molecular complexity index is 922. The van der Waals surface area contributed by atoms with E-state index in [2.05, 4.69) is 12.1 Å². The molecule has 0 aliphatic carbocycles. The number of hydrogen-bond donors (Lipinski definition) is 0. The van der Waals surface area contributed by atoms with Gasteiger partial charge in [0.05, 0.1) is 18.6 Å². The molecule has 0 spiro atoms. The van der Waals surface area contributed by atoms with E-state index in [-0.39, 0.29) is 24.2 Å². The Morgan fingerprint density at radius 2 is 1.75 bits per heavy atom. The summed E-state index contributed by atoms with van der Waals surface area (Å²) in [4.78, 5) is 40.6. The van der Waals surface area contributed by atoms with Gasteiger partial charge in [-0.25, -0.2) is 4.79 Å². The second-order valence-electron chi connectivity index (χ2n) is 7.22. The molecule has 1 atom stereocenters. The van der Waals surface area contributed by atoms with Crippen LogP contribution in [0.1, 0.15) is 27.9 Å². The van der Waals surface area contributed by atoms with Crippen LogP contribution >= 0.6 is 0 Å². The number of amides is 2. The lowest BCUT2D eigenvalue weighted by Crippen LogP contribution is -2.40. The predicted octanol–water partition coefficient (Wildman–Crippen LogP) is 2.41. The fraction of sp³-hybridized carbons (Fsp3) is 0.318. The van der Waals surface area contributed by atoms with Crippen LogP contribution < -0.4 is 4.90 Å². The molecule has 0 saturated carbocycles. The lowest BCUT2D eigenvalue weighted by atomic mass is 9.98. The molecule has 144 valence electrons. The number of carbonyl (C=O) groups is 3. The van der Waals surface area contributed by atoms with E-state index in [9.17, 15) is 14.4 Å². The molecule has 2 aromatic rings. The quantitative estimate of drug-likeness (QED) is 0.770. The summed E-state index contributed by atoms with van der Waals surface area (Å²) in [7, 11) is 1.33. The van der Waals surface area contributed by atoms with Crippen molar-refractivity contribution in [1.82, 2.24) is 4.90 Å². The number of fused-ring (bicyclic) bond motifs is 1. The average molecular weight is 378 g/mol. The van der Waals surface area contributed by atoms with Crippen molar-refractivity contribution < 1.29 is 19.1 Å². The number of hydrogen-bond acceptors (Lipinski definition) is 4. The molecule has 2 amide bonds. The summed E-state index contributed by atoms with van der Waals surface area (Å²) in [6.45, 7) is 1.66. The zero-order valence-electron chi connectivity index (χ0n) is 15.8. The highest BCUT2D eigenvalue weighted by molar-refractivity contribution is 6.00. The van der Waals surface area contributed by atoms with Gasteiger partial charge < -0.3 is 14.5 Å². The van der Waals surface area contributed by atoms with Crippen molar-refractivity contribution in [3.8, 4) is 0 Å². The molecule has 2 aromatic carbocycles. The van der Waals surface area contributed by atoms with Gasteiger partial charge in [-0.1, -0.05) is 24.3 Å². The van der Waals surface area contributed by atoms with Crippen LogP contribution in [-0.4, -0.2) is 42.9 Å². The Kier molecular flexibility index (Phi) is 4.86. The van der Waals surface area contributed by atoms with Gasteiger partial charge in [-0.15, -0.1) is 0 Å². The third-order valence-corrected chi connectivity index (χ3v) is 5.52. The molecule has 1 unspecified atom stereocenters. The summed E-state index contributed by atoms with van der Waals surface area (Å²) in [5.41, 5.74) is 3.59. The van der Waals surface area contributed by atoms with Gasteiger partial charge in [-0.3, -0.25) is 9.59 Å². The minimum Gasteiger partial charge on any atom is -0.465 e. The van der Waals surface area contributed by atoms with Crippen molar-refractivity contribution >= 4 is 23.5 Å². The zero-order chi connectivity index (χ0) is 19.7. The minimum atomic E-state index is -0.419. The van der Waals surface area contributed by atoms with E-state index in [0.29, 0.717) is 30.9 Å². The van der Waals surface area contributed by atoms with Crippen molar-refractivity contribution in [3.05, 3.63) is 65.2 Å². The maximum Gasteiger partial charge on any atom is 0.337 e. The first-order chi connectivity index (χ1) is 13.6. The summed E-state index contributed by atoms with van der Waals surface area (Å²) in [6, 6.07) is 14.9. The number of benzene rings is 2. The highest BCUT2D eigenvalue weighted by Crippen LogP contribution is 2.28. The molecule has 0 radical (unpaired) electrons. The van der Waals surface area contributed by atoms with Crippen LogP contribution in [0.15, 0.2) is 48.5 Å². The van der Waals surface area contributed by atoms with Crippen LogP contribution in [0.25, 0.3) is 0 Å². The van der Waals surface area contributed by atoms with Crippen LogP contribution in [0.2, 0.25) is 0 Å². The third kappa shape index (κ3) is 3.38. The number of carbonyl (C=O) groups excluding carboxylic acids is 3. The number of esters is 1. The molecule has 0 aromatic heterocycles. The standard InChI is InChI=1S/C22H22N2O4/c1-28-22(27)16-6-8-19(9-7-16)24-14-18(12-20(24)25)21(26)23-11-10-15-4-2-3-5-17(15)13-23/h2-9,18H,10-14H2,1H3. The van der Waals surface area contributed by atoms with Gasteiger partial charge in [0.15, 0.2) is 0 Å². The van der Waals surface area contributed by atoms with Gasteiger partial charge in [0.25, 0.3) is 0 Å². The molecule has 1 saturated heterocycles. The Hall–Kier alpha value is -3.15. The molecular formula is C22H22N2O4. The summed E-state index contributed by atoms with van der Waals surface area (Å²) in [5, 5.41) is 0. The summed E-state index contributed by atoms with van der Waals surface area (Å²) in [6.07, 6.45) is 1.07. The van der Waals surface area contributed by atoms with E-state index in [1.807, 2.05) is 17.0 Å². The summed E-state index contributed by atoms with van der Waals surface area (Å²) < 4.78 is 4.69. The fourth-order valence-electron chi connectivity index (χ4n) is 3.96. The molecule has 2 heterocycles. The van der Waals surface area contributed by atoms with E-state index in [0.717, 1.165) is 6.42 Å². The number of anilines is 1. The molecule has 2 aliphatic heterocycles. The summed E-state index contributed by atoms with van der Waals surface area (Å²) in [5.74, 6) is -0.783. The molecule has 6 nitrogen and oxygen atoms in total. The smallest absolute Gasteiger partial charge is 0.337 e. The van der Waals surface area contributed by atoms with Crippen molar-refractivity contribution in [2.75, 3.05) is 25.1 Å². The van der Waals surface area contributed by atoms with Gasteiger partial charge in [-0.2, -0.15) is 0 Å². The van der Waals surface area contributed by atoms with Crippen molar-refractivity contribution in [2.24, 2.45) is 5.92 Å². The van der Waals surface area contributed by atoms with Crippen molar-refractivity contribution in [1.29, 1.82) is 0 Å². The van der Waals surface area contributed by atoms with Crippen LogP contribution in [0, 0.1) is 5.92 Å². The molecular weight excluding hydrogens is 356 g/mol. The van der Waals surface area contributed by atoms with Crippen LogP contribution in [0.4, 0.5) is 5.69 Å². The first kappa shape index (κ1) is 18.2. The van der Waals surface area contributed by atoms with Crippen molar-refractivity contribution in [3.63, 3.8) is 0 Å². The van der Waals surface area contributed by atoms with Gasteiger partial charge in [0.1, 0.15) is 0 Å². The SMILES string of the molecule is COC(=O)c1ccc(N2CC(C(=O)N3CCc4ccccc4C3)CC2=O)cc1. The normalized spacial score (nSPS) is 18.8. The fourth-order valence-corrected chi connectivity index (χ4v) is 3.96. The van der Waals surface area contributed by atoms with Crippen LogP contribution in [0.5, 0.6) is 0 Å². The second kappa shape index (κ2) is 7.46. The largest absolute Gasteiger partial charge is 0.465 e. The maximum absolute atomic E-state index is 13.0. The lowest BCUT2D eigenvalue weighted by Gasteiger charge is -2.30. The summed E-state index contributed by atoms with van der Waals surface area (Å²) >= 11 is 0. The molecule has 28 heavy (non-hydrogen) atoms. The van der Waals surface area contributed by atoms with Gasteiger partial charge >= 0.3 is 5.97 Å². The first-order valence-electron chi connectivity index (χ1n) is 9.41. The highest BCUT2D eigenvalue weighted by atomic mass is 16.5. The third-order valence-electron chi connectivity index (χ3n) is 5.52. The average Bonchev–Trinajstić information content (AvgIpc) is 3.14. The Balaban J connectivity index is 1.44. The van der Waals surface area contributed by atoms with Gasteiger partial charge in [0.2, 0.25) is 11.8 Å². The van der Waals surface area contributed by atoms with Gasteiger partial charge in [-0.05, 0) is 41.8 Å². The number of rotatable bonds is 3. The number of methoxy groups -OCH3 is 1. The number of nitrogens with zero attached hydrogens (tertiary/aromatic N) is 2. The van der Waals surface area contributed by atoms with Crippen molar-refractivity contribution in [2.45, 2.75) is 19.4 Å². The molecule has 0 bridgehead atoms. The van der Waals surface area contributed by atoms with E-state index in [1.54, 1.807) is 29.2 Å². The number of ether oxygens (including phenoxy) is 1. The first-order valence-corrected chi connectivity index (χ1v) is 9.41. The topological polar surface area (TPSA) is 66.9 Å². The highest BCUT2D eigenvalue weighted by Gasteiger charge is 2.37. The Morgan fingerprint density at radius 3 is 2.46 bits per heavy atom. The van der Waals surface area contributed by atoms with E-state index >= 15 is 0 Å². The predicted molar refractivity (Wildman–Crippen MR) is 104 cm³/mol. The zero-order valence-corrected chi connectivity index (χ0v) is 15.8. The maximum atomic E-state index is 13.0. The van der Waals surface area contributed by atoms with Gasteiger partial charge in [0, 0.05) is 31.7 Å². The Morgan fingerprint density at radius 1 is 1.04 bits per heavy atom. The van der Waals surface area contributed by atoms with E-state index in [4.69, 9.17) is 4.74 Å². The monoisotopic (exact) mass is 378 g/mol. The van der Waals surface area contributed by atoms with Crippen LogP contribution in [0.3, 0.4) is 0 Å². The second-order valence-corrected chi connectivity index (χ2v) is 7.22. The van der Waals surface area contributed by atoms with E-state index < -0.39 is 5.97 Å². The lowest BCUT2D eigenvalue weighted by molar-refractivity contribution is -0.136. The Labute approximate surface area is 163 Å². The molecule has 4 rings (SSSR count). The van der Waals surface area contributed by atoms with E-state index in [1.165, 1.54) is 18.2 Å². The van der Waals surface area contributed by atoms with Crippen LogP contribution in [-0.2, 0) is 27.3 Å².